The number of nitrogens with zero attached hydrogens (tertiary/aromatic N) is 1. The van der Waals surface area contributed by atoms with Crippen molar-refractivity contribution in [2.75, 3.05) is 25.1 Å². The number of nitrogens with one attached hydrogen (secondary N) is 2. The Bertz CT molecular complexity index is 543. The van der Waals surface area contributed by atoms with Crippen LogP contribution in [0.2, 0.25) is 0 Å². The van der Waals surface area contributed by atoms with Gasteiger partial charge >= 0.3 is 6.03 Å². The smallest absolute Gasteiger partial charge is 0.315 e. The first kappa shape index (κ1) is 17.1. The topological polar surface area (TPSA) is 70.7 Å². The van der Waals surface area contributed by atoms with Crippen LogP contribution in [0.5, 0.6) is 5.75 Å². The fourth-order valence-electron chi connectivity index (χ4n) is 2.53. The summed E-state index contributed by atoms with van der Waals surface area (Å²) >= 11 is 0. The Kier molecular flexibility index (Phi) is 5.84. The third-order valence-corrected chi connectivity index (χ3v) is 3.85. The summed E-state index contributed by atoms with van der Waals surface area (Å²) in [6.07, 6.45) is 1.26. The van der Waals surface area contributed by atoms with Crippen LogP contribution >= 0.6 is 0 Å². The first-order chi connectivity index (χ1) is 11.0. The number of hydrogen-bond acceptors (Lipinski definition) is 3. The SMILES string of the molecule is COc1ccc(N2C[C@H](NC(=O)NCCC(C)C)CC2=O)cc1. The predicted octanol–water partition coefficient (Wildman–Crippen LogP) is 2.15. The van der Waals surface area contributed by atoms with Crippen molar-refractivity contribution in [2.45, 2.75) is 32.7 Å². The van der Waals surface area contributed by atoms with E-state index in [0.717, 1.165) is 17.9 Å². The molecule has 6 heteroatoms. The van der Waals surface area contributed by atoms with Gasteiger partial charge in [0.1, 0.15) is 5.75 Å². The zero-order chi connectivity index (χ0) is 16.8. The number of anilines is 1. The summed E-state index contributed by atoms with van der Waals surface area (Å²) in [6, 6.07) is 6.97. The maximum Gasteiger partial charge on any atom is 0.315 e. The minimum Gasteiger partial charge on any atom is -0.497 e. The van der Waals surface area contributed by atoms with Crippen molar-refractivity contribution in [1.82, 2.24) is 10.6 Å². The summed E-state index contributed by atoms with van der Waals surface area (Å²) in [7, 11) is 1.61. The molecule has 0 unspecified atom stereocenters. The average Bonchev–Trinajstić information content (AvgIpc) is 2.87. The second kappa shape index (κ2) is 7.85. The van der Waals surface area contributed by atoms with E-state index in [0.29, 0.717) is 25.4 Å². The van der Waals surface area contributed by atoms with Gasteiger partial charge in [-0.2, -0.15) is 0 Å². The van der Waals surface area contributed by atoms with Crippen LogP contribution in [0.1, 0.15) is 26.7 Å². The molecule has 0 aliphatic carbocycles. The molecule has 0 aromatic heterocycles. The standard InChI is InChI=1S/C17H25N3O3/c1-12(2)8-9-18-17(22)19-13-10-16(21)20(11-13)14-4-6-15(23-3)7-5-14/h4-7,12-13H,8-11H2,1-3H3,(H2,18,19,22)/t13-/m1/s1. The number of rotatable bonds is 6. The lowest BCUT2D eigenvalue weighted by Crippen LogP contribution is -2.43. The van der Waals surface area contributed by atoms with Gasteiger partial charge in [-0.3, -0.25) is 4.79 Å². The van der Waals surface area contributed by atoms with E-state index in [1.807, 2.05) is 24.3 Å². The van der Waals surface area contributed by atoms with E-state index in [1.54, 1.807) is 12.0 Å². The van der Waals surface area contributed by atoms with E-state index in [2.05, 4.69) is 24.5 Å². The lowest BCUT2D eigenvalue weighted by Gasteiger charge is -2.18. The van der Waals surface area contributed by atoms with E-state index < -0.39 is 0 Å². The number of ether oxygens (including phenoxy) is 1. The molecular weight excluding hydrogens is 294 g/mol. The Morgan fingerprint density at radius 1 is 1.35 bits per heavy atom. The fourth-order valence-corrected chi connectivity index (χ4v) is 2.53. The van der Waals surface area contributed by atoms with E-state index in [1.165, 1.54) is 0 Å². The molecule has 1 saturated heterocycles. The molecule has 126 valence electrons. The third-order valence-electron chi connectivity index (χ3n) is 3.85. The summed E-state index contributed by atoms with van der Waals surface area (Å²) in [5, 5.41) is 5.70. The van der Waals surface area contributed by atoms with Crippen molar-refractivity contribution >= 4 is 17.6 Å². The number of carbonyl (C=O) groups is 2. The number of hydrogen-bond donors (Lipinski definition) is 2. The number of carbonyl (C=O) groups excluding carboxylic acids is 2. The Labute approximate surface area is 137 Å². The van der Waals surface area contributed by atoms with Gasteiger partial charge in [0, 0.05) is 25.2 Å². The lowest BCUT2D eigenvalue weighted by molar-refractivity contribution is -0.117. The first-order valence-corrected chi connectivity index (χ1v) is 7.98. The Morgan fingerprint density at radius 3 is 2.65 bits per heavy atom. The van der Waals surface area contributed by atoms with Crippen LogP contribution in [0.15, 0.2) is 24.3 Å². The van der Waals surface area contributed by atoms with Crippen molar-refractivity contribution in [3.05, 3.63) is 24.3 Å². The normalized spacial score (nSPS) is 17.5. The van der Waals surface area contributed by atoms with Crippen LogP contribution in [-0.2, 0) is 4.79 Å². The highest BCUT2D eigenvalue weighted by Gasteiger charge is 2.31. The van der Waals surface area contributed by atoms with Gasteiger partial charge < -0.3 is 20.3 Å². The molecule has 6 nitrogen and oxygen atoms in total. The highest BCUT2D eigenvalue weighted by atomic mass is 16.5. The highest BCUT2D eigenvalue weighted by Crippen LogP contribution is 2.24. The summed E-state index contributed by atoms with van der Waals surface area (Å²) in [6.45, 7) is 5.36. The molecule has 0 radical (unpaired) electrons. The molecule has 1 aromatic carbocycles. The summed E-state index contributed by atoms with van der Waals surface area (Å²) in [4.78, 5) is 25.7. The number of methoxy groups -OCH3 is 1. The molecule has 0 bridgehead atoms. The molecule has 1 heterocycles. The first-order valence-electron chi connectivity index (χ1n) is 7.98. The van der Waals surface area contributed by atoms with Crippen LogP contribution < -0.4 is 20.3 Å². The maximum atomic E-state index is 12.1. The van der Waals surface area contributed by atoms with Crippen LogP contribution in [0, 0.1) is 5.92 Å². The minimum atomic E-state index is -0.208. The van der Waals surface area contributed by atoms with Gasteiger partial charge in [-0.25, -0.2) is 4.79 Å². The van der Waals surface area contributed by atoms with Gasteiger partial charge in [-0.15, -0.1) is 0 Å². The Hall–Kier alpha value is -2.24. The number of amides is 3. The largest absolute Gasteiger partial charge is 0.497 e. The maximum absolute atomic E-state index is 12.1. The van der Waals surface area contributed by atoms with Gasteiger partial charge in [-0.1, -0.05) is 13.8 Å². The van der Waals surface area contributed by atoms with Crippen molar-refractivity contribution in [2.24, 2.45) is 5.92 Å². The summed E-state index contributed by atoms with van der Waals surface area (Å²) in [5.41, 5.74) is 0.820. The predicted molar refractivity (Wildman–Crippen MR) is 89.7 cm³/mol. The minimum absolute atomic E-state index is 0.0163. The molecule has 0 saturated carbocycles. The van der Waals surface area contributed by atoms with Crippen molar-refractivity contribution < 1.29 is 14.3 Å². The Morgan fingerprint density at radius 2 is 2.04 bits per heavy atom. The van der Waals surface area contributed by atoms with Gasteiger partial charge in [0.05, 0.1) is 13.2 Å². The molecule has 1 aromatic rings. The highest BCUT2D eigenvalue weighted by molar-refractivity contribution is 5.96. The van der Waals surface area contributed by atoms with E-state index in [4.69, 9.17) is 4.74 Å². The molecule has 1 fully saturated rings. The molecule has 1 aliphatic rings. The van der Waals surface area contributed by atoms with Crippen LogP contribution in [-0.4, -0.2) is 38.2 Å². The van der Waals surface area contributed by atoms with Gasteiger partial charge in [0.2, 0.25) is 5.91 Å². The molecule has 0 spiro atoms. The molecular formula is C17H25N3O3. The van der Waals surface area contributed by atoms with Crippen LogP contribution in [0.4, 0.5) is 10.5 Å². The lowest BCUT2D eigenvalue weighted by atomic mass is 10.1. The van der Waals surface area contributed by atoms with Gasteiger partial charge in [-0.05, 0) is 36.6 Å². The zero-order valence-corrected chi connectivity index (χ0v) is 14.0. The molecule has 2 rings (SSSR count). The summed E-state index contributed by atoms with van der Waals surface area (Å²) in [5.74, 6) is 1.32. The quantitative estimate of drug-likeness (QED) is 0.844. The van der Waals surface area contributed by atoms with Crippen LogP contribution in [0.25, 0.3) is 0 Å². The van der Waals surface area contributed by atoms with Crippen molar-refractivity contribution in [1.29, 1.82) is 0 Å². The second-order valence-electron chi connectivity index (χ2n) is 6.19. The third kappa shape index (κ3) is 4.87. The van der Waals surface area contributed by atoms with E-state index >= 15 is 0 Å². The van der Waals surface area contributed by atoms with E-state index in [9.17, 15) is 9.59 Å². The molecule has 1 atom stereocenters. The zero-order valence-electron chi connectivity index (χ0n) is 14.0. The van der Waals surface area contributed by atoms with Crippen molar-refractivity contribution in [3.63, 3.8) is 0 Å². The molecule has 2 N–H and O–H groups in total. The van der Waals surface area contributed by atoms with Gasteiger partial charge in [0.25, 0.3) is 0 Å². The van der Waals surface area contributed by atoms with Gasteiger partial charge in [0.15, 0.2) is 0 Å². The molecule has 23 heavy (non-hydrogen) atoms. The average molecular weight is 319 g/mol. The number of benzene rings is 1. The Balaban J connectivity index is 1.85. The molecule has 3 amide bonds. The van der Waals surface area contributed by atoms with Crippen molar-refractivity contribution in [3.8, 4) is 5.75 Å². The molecule has 1 aliphatic heterocycles. The fraction of sp³-hybridized carbons (Fsp3) is 0.529. The van der Waals surface area contributed by atoms with E-state index in [-0.39, 0.29) is 18.0 Å². The monoisotopic (exact) mass is 319 g/mol. The number of urea groups is 1. The van der Waals surface area contributed by atoms with Crippen LogP contribution in [0.3, 0.4) is 0 Å². The second-order valence-corrected chi connectivity index (χ2v) is 6.19. The summed E-state index contributed by atoms with van der Waals surface area (Å²) < 4.78 is 5.12.